The summed E-state index contributed by atoms with van der Waals surface area (Å²) < 4.78 is 11.6. The molecule has 30 heavy (non-hydrogen) atoms. The SMILES string of the molecule is COc1cc(/C=N\N2C(=O)c3ccc4c5c(ccc(c35)C2=O)CC4)cc(I)c1OC. The van der Waals surface area contributed by atoms with Crippen molar-refractivity contribution in [3.8, 4) is 11.5 Å². The van der Waals surface area contributed by atoms with Crippen LogP contribution in [-0.2, 0) is 12.8 Å². The number of rotatable bonds is 4. The molecule has 2 amide bonds. The Bertz CT molecular complexity index is 1220. The number of hydrogen-bond donors (Lipinski definition) is 0. The highest BCUT2D eigenvalue weighted by Gasteiger charge is 2.35. The maximum Gasteiger partial charge on any atom is 0.282 e. The van der Waals surface area contributed by atoms with E-state index in [0.717, 1.165) is 32.2 Å². The third kappa shape index (κ3) is 2.72. The highest BCUT2D eigenvalue weighted by Crippen LogP contribution is 2.38. The monoisotopic (exact) mass is 512 g/mol. The highest BCUT2D eigenvalue weighted by molar-refractivity contribution is 14.1. The van der Waals surface area contributed by atoms with Gasteiger partial charge < -0.3 is 9.47 Å². The molecule has 0 saturated heterocycles. The number of ether oxygens (including phenoxy) is 2. The minimum Gasteiger partial charge on any atom is -0.493 e. The topological polar surface area (TPSA) is 68.2 Å². The van der Waals surface area contributed by atoms with Crippen molar-refractivity contribution >= 4 is 51.4 Å². The van der Waals surface area contributed by atoms with Crippen LogP contribution in [-0.4, -0.2) is 37.3 Å². The number of benzene rings is 3. The van der Waals surface area contributed by atoms with Crippen LogP contribution in [0.3, 0.4) is 0 Å². The lowest BCUT2D eigenvalue weighted by Crippen LogP contribution is -2.36. The average Bonchev–Trinajstić information content (AvgIpc) is 3.17. The molecule has 1 aliphatic heterocycles. The average molecular weight is 512 g/mol. The van der Waals surface area contributed by atoms with Gasteiger partial charge in [0.05, 0.1) is 35.1 Å². The van der Waals surface area contributed by atoms with Crippen molar-refractivity contribution in [1.29, 1.82) is 0 Å². The molecule has 1 heterocycles. The summed E-state index contributed by atoms with van der Waals surface area (Å²) in [5, 5.41) is 7.01. The first-order valence-electron chi connectivity index (χ1n) is 9.45. The molecule has 3 aromatic rings. The van der Waals surface area contributed by atoms with Crippen molar-refractivity contribution in [1.82, 2.24) is 5.01 Å². The Labute approximate surface area is 186 Å². The Kier molecular flexibility index (Phi) is 4.50. The molecule has 7 heteroatoms. The van der Waals surface area contributed by atoms with E-state index in [9.17, 15) is 9.59 Å². The second-order valence-electron chi connectivity index (χ2n) is 7.20. The Hall–Kier alpha value is -2.94. The molecule has 0 radical (unpaired) electrons. The predicted molar refractivity (Wildman–Crippen MR) is 122 cm³/mol. The summed E-state index contributed by atoms with van der Waals surface area (Å²) in [6, 6.07) is 11.2. The summed E-state index contributed by atoms with van der Waals surface area (Å²) in [4.78, 5) is 26.2. The molecular weight excluding hydrogens is 495 g/mol. The van der Waals surface area contributed by atoms with E-state index in [2.05, 4.69) is 27.7 Å². The number of halogens is 1. The molecule has 150 valence electrons. The van der Waals surface area contributed by atoms with E-state index in [4.69, 9.17) is 9.47 Å². The Morgan fingerprint density at radius 1 is 0.933 bits per heavy atom. The maximum atomic E-state index is 13.1. The van der Waals surface area contributed by atoms with Gasteiger partial charge in [0.15, 0.2) is 11.5 Å². The van der Waals surface area contributed by atoms with E-state index >= 15 is 0 Å². The van der Waals surface area contributed by atoms with E-state index in [1.807, 2.05) is 30.3 Å². The molecule has 0 fully saturated rings. The lowest BCUT2D eigenvalue weighted by Gasteiger charge is -2.23. The largest absolute Gasteiger partial charge is 0.493 e. The van der Waals surface area contributed by atoms with Gasteiger partial charge >= 0.3 is 0 Å². The Morgan fingerprint density at radius 3 is 2.13 bits per heavy atom. The second kappa shape index (κ2) is 7.09. The van der Waals surface area contributed by atoms with Gasteiger partial charge in [-0.1, -0.05) is 12.1 Å². The molecule has 1 aliphatic carbocycles. The first-order valence-corrected chi connectivity index (χ1v) is 10.5. The second-order valence-corrected chi connectivity index (χ2v) is 8.36. The first kappa shape index (κ1) is 19.0. The van der Waals surface area contributed by atoms with Crippen LogP contribution in [0.15, 0.2) is 41.5 Å². The molecule has 0 atom stereocenters. The van der Waals surface area contributed by atoms with Gasteiger partial charge in [-0.2, -0.15) is 10.1 Å². The summed E-state index contributed by atoms with van der Waals surface area (Å²) >= 11 is 2.14. The molecular formula is C23H17IN2O4. The van der Waals surface area contributed by atoms with E-state index < -0.39 is 11.8 Å². The smallest absolute Gasteiger partial charge is 0.282 e. The fourth-order valence-electron chi connectivity index (χ4n) is 4.25. The lowest BCUT2D eigenvalue weighted by atomic mass is 9.92. The van der Waals surface area contributed by atoms with Crippen molar-refractivity contribution in [3.63, 3.8) is 0 Å². The van der Waals surface area contributed by atoms with Crippen molar-refractivity contribution in [2.75, 3.05) is 14.2 Å². The number of aryl methyl sites for hydroxylation is 2. The van der Waals surface area contributed by atoms with E-state index in [1.165, 1.54) is 17.3 Å². The fraction of sp³-hybridized carbons (Fsp3) is 0.174. The van der Waals surface area contributed by atoms with Crippen LogP contribution < -0.4 is 9.47 Å². The molecule has 0 spiro atoms. The van der Waals surface area contributed by atoms with Crippen molar-refractivity contribution in [2.24, 2.45) is 5.10 Å². The number of carbonyl (C=O) groups is 2. The van der Waals surface area contributed by atoms with Crippen molar-refractivity contribution < 1.29 is 19.1 Å². The molecule has 0 bridgehead atoms. The summed E-state index contributed by atoms with van der Waals surface area (Å²) in [5.41, 5.74) is 4.13. The third-order valence-electron chi connectivity index (χ3n) is 5.62. The van der Waals surface area contributed by atoms with Crippen molar-refractivity contribution in [2.45, 2.75) is 12.8 Å². The minimum atomic E-state index is -0.408. The number of carbonyl (C=O) groups excluding carboxylic acids is 2. The van der Waals surface area contributed by atoms with Gasteiger partial charge in [0, 0.05) is 5.39 Å². The quantitative estimate of drug-likeness (QED) is 0.299. The molecule has 0 aromatic heterocycles. The van der Waals surface area contributed by atoms with E-state index in [-0.39, 0.29) is 0 Å². The predicted octanol–water partition coefficient (Wildman–Crippen LogP) is 4.19. The third-order valence-corrected chi connectivity index (χ3v) is 6.42. The van der Waals surface area contributed by atoms with Gasteiger partial charge in [0.1, 0.15) is 0 Å². The summed E-state index contributed by atoms with van der Waals surface area (Å²) in [6.07, 6.45) is 3.37. The molecule has 0 unspecified atom stereocenters. The van der Waals surface area contributed by atoms with E-state index in [0.29, 0.717) is 28.2 Å². The van der Waals surface area contributed by atoms with Gasteiger partial charge in [-0.3, -0.25) is 9.59 Å². The zero-order valence-corrected chi connectivity index (χ0v) is 18.5. The number of hydrazone groups is 1. The van der Waals surface area contributed by atoms with Gasteiger partial charge in [-0.25, -0.2) is 0 Å². The van der Waals surface area contributed by atoms with Gasteiger partial charge in [0.25, 0.3) is 11.8 Å². The molecule has 6 nitrogen and oxygen atoms in total. The molecule has 0 N–H and O–H groups in total. The number of amides is 2. The zero-order valence-electron chi connectivity index (χ0n) is 16.4. The molecule has 2 aliphatic rings. The van der Waals surface area contributed by atoms with Crippen LogP contribution in [0.25, 0.3) is 10.8 Å². The first-order chi connectivity index (χ1) is 14.5. The molecule has 3 aromatic carbocycles. The van der Waals surface area contributed by atoms with Crippen LogP contribution in [0.2, 0.25) is 0 Å². The zero-order chi connectivity index (χ0) is 21.0. The van der Waals surface area contributed by atoms with Crippen LogP contribution >= 0.6 is 22.6 Å². The summed E-state index contributed by atoms with van der Waals surface area (Å²) in [7, 11) is 3.13. The van der Waals surface area contributed by atoms with Crippen LogP contribution in [0, 0.1) is 3.57 Å². The van der Waals surface area contributed by atoms with Crippen LogP contribution in [0.4, 0.5) is 0 Å². The van der Waals surface area contributed by atoms with Gasteiger partial charge in [0.2, 0.25) is 0 Å². The van der Waals surface area contributed by atoms with Crippen LogP contribution in [0.1, 0.15) is 37.4 Å². The highest BCUT2D eigenvalue weighted by atomic mass is 127. The molecule has 5 rings (SSSR count). The fourth-order valence-corrected chi connectivity index (χ4v) is 5.09. The van der Waals surface area contributed by atoms with Crippen molar-refractivity contribution in [3.05, 3.63) is 67.8 Å². The normalized spacial score (nSPS) is 14.8. The van der Waals surface area contributed by atoms with Crippen LogP contribution in [0.5, 0.6) is 11.5 Å². The lowest BCUT2D eigenvalue weighted by molar-refractivity contribution is 0.0616. The van der Waals surface area contributed by atoms with Gasteiger partial charge in [-0.05, 0) is 81.8 Å². The van der Waals surface area contributed by atoms with E-state index in [1.54, 1.807) is 20.3 Å². The summed E-state index contributed by atoms with van der Waals surface area (Å²) in [5.74, 6) is 0.359. The maximum absolute atomic E-state index is 13.1. The molecule has 0 saturated carbocycles. The summed E-state index contributed by atoms with van der Waals surface area (Å²) in [6.45, 7) is 0. The number of hydrogen-bond acceptors (Lipinski definition) is 5. The Balaban J connectivity index is 1.57. The standard InChI is InChI=1S/C23H17IN2O4/c1-29-18-10-12(9-17(24)21(18)30-2)11-25-26-22(27)15-7-5-13-3-4-14-6-8-16(23(26)28)20(15)19(13)14/h5-11H,3-4H2,1-2H3/b25-11-. The van der Waals surface area contributed by atoms with Gasteiger partial charge in [-0.15, -0.1) is 0 Å². The number of imide groups is 1. The number of methoxy groups -OCH3 is 2. The Morgan fingerprint density at radius 2 is 1.57 bits per heavy atom. The number of nitrogens with zero attached hydrogens (tertiary/aromatic N) is 2. The minimum absolute atomic E-state index is 0.408.